The Morgan fingerprint density at radius 1 is 1.02 bits per heavy atom. The van der Waals surface area contributed by atoms with Crippen molar-refractivity contribution in [2.75, 3.05) is 31.6 Å². The van der Waals surface area contributed by atoms with E-state index in [2.05, 4.69) is 10.6 Å². The van der Waals surface area contributed by atoms with Crippen LogP contribution < -0.4 is 15.4 Å². The molecule has 2 N–H and O–H groups in total. The van der Waals surface area contributed by atoms with E-state index in [4.69, 9.17) is 16.3 Å². The van der Waals surface area contributed by atoms with Gasteiger partial charge in [0, 0.05) is 36.1 Å². The van der Waals surface area contributed by atoms with Crippen LogP contribution in [0.15, 0.2) is 54.6 Å². The van der Waals surface area contributed by atoms with Crippen LogP contribution in [0.5, 0.6) is 5.75 Å². The first-order chi connectivity index (χ1) is 21.0. The quantitative estimate of drug-likeness (QED) is 0.178. The lowest BCUT2D eigenvalue weighted by molar-refractivity contribution is 0.0604. The summed E-state index contributed by atoms with van der Waals surface area (Å²) in [5, 5.41) is 6.06. The maximum absolute atomic E-state index is 14.7. The molecular formula is C32H35Cl2F2N3O4S2. The molecular weight excluding hydrogens is 663 g/mol. The number of ether oxygens (including phenoxy) is 1. The van der Waals surface area contributed by atoms with Gasteiger partial charge in [-0.1, -0.05) is 29.8 Å². The van der Waals surface area contributed by atoms with E-state index in [1.165, 1.54) is 6.26 Å². The summed E-state index contributed by atoms with van der Waals surface area (Å²) in [5.41, 5.74) is 3.22. The number of methoxy groups -OCH3 is 1. The molecule has 0 radical (unpaired) electrons. The van der Waals surface area contributed by atoms with Crippen molar-refractivity contribution in [3.63, 3.8) is 0 Å². The predicted octanol–water partition coefficient (Wildman–Crippen LogP) is 7.52. The number of nitrogens with zero attached hydrogens (tertiary/aromatic N) is 1. The van der Waals surface area contributed by atoms with Crippen molar-refractivity contribution in [2.24, 2.45) is 0 Å². The van der Waals surface area contributed by atoms with Gasteiger partial charge in [0.05, 0.1) is 22.2 Å². The minimum absolute atomic E-state index is 0. The lowest BCUT2D eigenvalue weighted by atomic mass is 9.89. The number of thiophene rings is 1. The molecule has 1 aliphatic rings. The number of rotatable bonds is 10. The van der Waals surface area contributed by atoms with E-state index in [9.17, 15) is 22.0 Å². The number of hydrogen-bond donors (Lipinski definition) is 2. The normalized spacial score (nSPS) is 16.7. The third-order valence-electron chi connectivity index (χ3n) is 8.06. The van der Waals surface area contributed by atoms with Crippen LogP contribution in [0.4, 0.5) is 14.5 Å². The molecule has 4 aromatic rings. The van der Waals surface area contributed by atoms with Crippen LogP contribution in [0.1, 0.15) is 40.9 Å². The zero-order valence-corrected chi connectivity index (χ0v) is 28.2. The second-order valence-electron chi connectivity index (χ2n) is 11.1. The second kappa shape index (κ2) is 14.6. The Bertz CT molecular complexity index is 1780. The van der Waals surface area contributed by atoms with Crippen molar-refractivity contribution in [1.82, 2.24) is 10.2 Å². The maximum Gasteiger partial charge on any atom is 0.266 e. The highest BCUT2D eigenvalue weighted by Crippen LogP contribution is 2.40. The first kappa shape index (κ1) is 34.9. The number of carbonyl (C=O) groups is 1. The average molecular weight is 699 g/mol. The number of hydrogen-bond acceptors (Lipinski definition) is 7. The molecule has 1 aliphatic carbocycles. The minimum Gasteiger partial charge on any atom is -0.496 e. The van der Waals surface area contributed by atoms with Crippen molar-refractivity contribution in [1.29, 1.82) is 0 Å². The summed E-state index contributed by atoms with van der Waals surface area (Å²) in [6.45, 7) is 0.203. The molecule has 7 nitrogen and oxygen atoms in total. The summed E-state index contributed by atoms with van der Waals surface area (Å²) in [7, 11) is 0.327. The SMILES string of the molecule is CNC1CCC(N(Cc2cc(-c3ccc(NCS(C)(=O)=O)cc3)ccc2OC)C(=O)c2sc3c(F)ccc(F)c3c2Cl)CC1.Cl. The molecule has 242 valence electrons. The minimum atomic E-state index is -3.17. The Morgan fingerprint density at radius 3 is 2.27 bits per heavy atom. The highest BCUT2D eigenvalue weighted by molar-refractivity contribution is 7.90. The third kappa shape index (κ3) is 7.89. The molecule has 0 saturated heterocycles. The Morgan fingerprint density at radius 2 is 1.67 bits per heavy atom. The fourth-order valence-corrected chi connectivity index (χ4v) is 7.60. The molecule has 45 heavy (non-hydrogen) atoms. The molecule has 1 heterocycles. The van der Waals surface area contributed by atoms with Crippen LogP contribution in [0.2, 0.25) is 5.02 Å². The second-order valence-corrected chi connectivity index (χ2v) is 14.6. The van der Waals surface area contributed by atoms with Crippen LogP contribution in [-0.2, 0) is 16.4 Å². The molecule has 1 saturated carbocycles. The Hall–Kier alpha value is -2.96. The van der Waals surface area contributed by atoms with Crippen LogP contribution in [0, 0.1) is 11.6 Å². The third-order valence-corrected chi connectivity index (χ3v) is 10.4. The number of halogens is 4. The highest BCUT2D eigenvalue weighted by atomic mass is 35.5. The zero-order valence-electron chi connectivity index (χ0n) is 25.0. The van der Waals surface area contributed by atoms with Gasteiger partial charge in [0.1, 0.15) is 28.1 Å². The molecule has 0 bridgehead atoms. The maximum atomic E-state index is 14.7. The summed E-state index contributed by atoms with van der Waals surface area (Å²) >= 11 is 7.44. The van der Waals surface area contributed by atoms with Crippen molar-refractivity contribution < 1.29 is 26.7 Å². The van der Waals surface area contributed by atoms with Crippen LogP contribution in [0.25, 0.3) is 21.2 Å². The largest absolute Gasteiger partial charge is 0.496 e. The van der Waals surface area contributed by atoms with E-state index in [1.807, 2.05) is 49.5 Å². The van der Waals surface area contributed by atoms with E-state index >= 15 is 0 Å². The van der Waals surface area contributed by atoms with E-state index in [0.717, 1.165) is 65.8 Å². The van der Waals surface area contributed by atoms with E-state index in [-0.39, 0.29) is 56.8 Å². The van der Waals surface area contributed by atoms with Crippen molar-refractivity contribution >= 4 is 66.9 Å². The molecule has 13 heteroatoms. The first-order valence-corrected chi connectivity index (χ1v) is 17.5. The van der Waals surface area contributed by atoms with Gasteiger partial charge >= 0.3 is 0 Å². The number of nitrogens with one attached hydrogen (secondary N) is 2. The van der Waals surface area contributed by atoms with Crippen molar-refractivity contribution in [2.45, 2.75) is 44.3 Å². The Balaban J connectivity index is 0.00000461. The van der Waals surface area contributed by atoms with E-state index < -0.39 is 21.5 Å². The molecule has 5 rings (SSSR count). The number of amides is 1. The predicted molar refractivity (Wildman–Crippen MR) is 181 cm³/mol. The first-order valence-electron chi connectivity index (χ1n) is 14.2. The van der Waals surface area contributed by atoms with Crippen molar-refractivity contribution in [3.8, 4) is 16.9 Å². The topological polar surface area (TPSA) is 87.7 Å². The number of fused-ring (bicyclic) bond motifs is 1. The van der Waals surface area contributed by atoms with Gasteiger partial charge in [0.25, 0.3) is 5.91 Å². The fraction of sp³-hybridized carbons (Fsp3) is 0.344. The Kier molecular flexibility index (Phi) is 11.4. The van der Waals surface area contributed by atoms with Gasteiger partial charge in [-0.05, 0) is 80.3 Å². The van der Waals surface area contributed by atoms with Crippen LogP contribution in [-0.4, -0.2) is 57.6 Å². The van der Waals surface area contributed by atoms with Gasteiger partial charge in [0.15, 0.2) is 9.84 Å². The molecule has 1 amide bonds. The van der Waals surface area contributed by atoms with Crippen LogP contribution in [0.3, 0.4) is 0 Å². The highest BCUT2D eigenvalue weighted by Gasteiger charge is 2.33. The smallest absolute Gasteiger partial charge is 0.266 e. The monoisotopic (exact) mass is 697 g/mol. The molecule has 0 spiro atoms. The Labute approximate surface area is 277 Å². The molecule has 1 fully saturated rings. The number of anilines is 1. The lowest BCUT2D eigenvalue weighted by Gasteiger charge is -2.37. The molecule has 0 aliphatic heterocycles. The van der Waals surface area contributed by atoms with Crippen molar-refractivity contribution in [3.05, 3.63) is 81.7 Å². The number of carbonyl (C=O) groups excluding carboxylic acids is 1. The van der Waals surface area contributed by atoms with Gasteiger partial charge in [-0.15, -0.1) is 23.7 Å². The number of benzene rings is 3. The molecule has 0 atom stereocenters. The summed E-state index contributed by atoms with van der Waals surface area (Å²) in [6.07, 6.45) is 4.44. The van der Waals surface area contributed by atoms with E-state index in [1.54, 1.807) is 12.0 Å². The average Bonchev–Trinajstić information content (AvgIpc) is 3.38. The number of sulfone groups is 1. The van der Waals surface area contributed by atoms with Crippen LogP contribution >= 0.6 is 35.3 Å². The van der Waals surface area contributed by atoms with E-state index in [0.29, 0.717) is 17.5 Å². The van der Waals surface area contributed by atoms with Gasteiger partial charge < -0.3 is 20.3 Å². The summed E-state index contributed by atoms with van der Waals surface area (Å²) in [4.78, 5) is 16.1. The lowest BCUT2D eigenvalue weighted by Crippen LogP contribution is -2.44. The van der Waals surface area contributed by atoms with Gasteiger partial charge in [-0.25, -0.2) is 17.2 Å². The zero-order chi connectivity index (χ0) is 31.6. The summed E-state index contributed by atoms with van der Waals surface area (Å²) < 4.78 is 58.1. The molecule has 3 aromatic carbocycles. The molecule has 1 aromatic heterocycles. The summed E-state index contributed by atoms with van der Waals surface area (Å²) in [6, 6.07) is 15.4. The molecule has 0 unspecified atom stereocenters. The summed E-state index contributed by atoms with van der Waals surface area (Å²) in [5.74, 6) is -1.24. The fourth-order valence-electron chi connectivity index (χ4n) is 5.67. The van der Waals surface area contributed by atoms with Gasteiger partial charge in [-0.2, -0.15) is 0 Å². The van der Waals surface area contributed by atoms with Gasteiger partial charge in [0.2, 0.25) is 0 Å². The van der Waals surface area contributed by atoms with Gasteiger partial charge in [-0.3, -0.25) is 4.79 Å². The standard InChI is InChI=1S/C32H34ClF2N3O4S2.ClH/c1-36-22-9-11-24(12-10-22)38(32(39)31-29(33)28-25(34)13-14-26(35)30(28)43-31)17-21-16-20(6-15-27(21)42-2)19-4-7-23(8-5-19)37-18-44(3,40)41;/h4-8,13-16,22,24,36-37H,9-12,17-18H2,1-3H3;1H.